The van der Waals surface area contributed by atoms with Crippen molar-refractivity contribution in [3.63, 3.8) is 0 Å². The summed E-state index contributed by atoms with van der Waals surface area (Å²) in [5, 5.41) is 0. The highest BCUT2D eigenvalue weighted by atomic mass is 19.1. The maximum Gasteiger partial charge on any atom is 0.306 e. The van der Waals surface area contributed by atoms with Crippen molar-refractivity contribution in [1.82, 2.24) is 4.98 Å². The predicted octanol–water partition coefficient (Wildman–Crippen LogP) is 5.60. The van der Waals surface area contributed by atoms with Crippen molar-refractivity contribution in [2.45, 2.75) is 79.4 Å². The van der Waals surface area contributed by atoms with Gasteiger partial charge in [0.05, 0.1) is 7.11 Å². The number of hydrogen-bond acceptors (Lipinski definition) is 9. The topological polar surface area (TPSA) is 136 Å². The zero-order chi connectivity index (χ0) is 31.8. The molecule has 0 aliphatic rings. The highest BCUT2D eigenvalue weighted by Gasteiger charge is 2.30. The van der Waals surface area contributed by atoms with Crippen LogP contribution in [0.15, 0.2) is 30.5 Å². The van der Waals surface area contributed by atoms with Crippen LogP contribution in [0.5, 0.6) is 17.2 Å². The molecule has 1 heterocycles. The van der Waals surface area contributed by atoms with Crippen molar-refractivity contribution in [3.05, 3.63) is 47.8 Å². The van der Waals surface area contributed by atoms with Gasteiger partial charge in [0.15, 0.2) is 28.8 Å². The number of nitrogens with zero attached hydrogens (tertiary/aromatic N) is 1. The van der Waals surface area contributed by atoms with Crippen LogP contribution >= 0.6 is 0 Å². The van der Waals surface area contributed by atoms with E-state index in [2.05, 4.69) is 9.72 Å². The van der Waals surface area contributed by atoms with Gasteiger partial charge in [-0.2, -0.15) is 0 Å². The van der Waals surface area contributed by atoms with Crippen LogP contribution in [0.4, 0.5) is 8.78 Å². The number of halogens is 2. The summed E-state index contributed by atoms with van der Waals surface area (Å²) in [6.07, 6.45) is 2.93. The molecule has 2 rings (SSSR count). The van der Waals surface area contributed by atoms with Gasteiger partial charge >= 0.3 is 11.9 Å². The molecule has 2 unspecified atom stereocenters. The molecule has 0 fully saturated rings. The summed E-state index contributed by atoms with van der Waals surface area (Å²) in [7, 11) is 1.40. The van der Waals surface area contributed by atoms with E-state index in [1.54, 1.807) is 6.92 Å². The first-order chi connectivity index (χ1) is 19.8. The predicted molar refractivity (Wildman–Crippen MR) is 151 cm³/mol. The highest BCUT2D eigenvalue weighted by molar-refractivity contribution is 5.94. The maximum atomic E-state index is 13.9. The number of aromatic nitrogens is 1. The SMILES string of the molecule is CCC(CC)C(Oc1cc(F)ccc1F)C(C)OC(=O)CCC(C)C.COc1ccnc(C(N)=O)c1OCOC(C)=O. The molecule has 0 saturated heterocycles. The van der Waals surface area contributed by atoms with E-state index >= 15 is 0 Å². The summed E-state index contributed by atoms with van der Waals surface area (Å²) in [4.78, 5) is 37.5. The summed E-state index contributed by atoms with van der Waals surface area (Å²) < 4.78 is 53.3. The number of amides is 1. The Balaban J connectivity index is 0.000000452. The standard InChI is InChI=1S/C20H30F2O3.C10H12N2O5/c1-6-15(7-2)20(14(5)24-19(23)11-8-13(3)4)25-18-12-16(21)9-10-17(18)22;1-6(13)16-5-17-9-7(15-2)3-4-12-8(9)10(11)14/h9-10,12-15,20H,6-8,11H2,1-5H3;3-4H,5H2,1-2H3,(H2,11,14). The first-order valence-electron chi connectivity index (χ1n) is 13.7. The van der Waals surface area contributed by atoms with Gasteiger partial charge in [-0.3, -0.25) is 14.4 Å². The van der Waals surface area contributed by atoms with Gasteiger partial charge in [0.1, 0.15) is 18.0 Å². The molecule has 0 aliphatic heterocycles. The first-order valence-corrected chi connectivity index (χ1v) is 13.7. The molecule has 2 atom stereocenters. The minimum atomic E-state index is -0.762. The van der Waals surface area contributed by atoms with Crippen LogP contribution < -0.4 is 19.9 Å². The number of benzene rings is 1. The minimum absolute atomic E-state index is 0.0451. The molecule has 42 heavy (non-hydrogen) atoms. The Hall–Kier alpha value is -3.96. The van der Waals surface area contributed by atoms with E-state index in [-0.39, 0.29) is 41.6 Å². The van der Waals surface area contributed by atoms with E-state index in [9.17, 15) is 23.2 Å². The minimum Gasteiger partial charge on any atom is -0.493 e. The van der Waals surface area contributed by atoms with E-state index in [1.165, 1.54) is 26.3 Å². The van der Waals surface area contributed by atoms with Crippen LogP contribution in [0.2, 0.25) is 0 Å². The number of nitrogens with two attached hydrogens (primary N) is 1. The number of esters is 2. The van der Waals surface area contributed by atoms with Gasteiger partial charge < -0.3 is 29.4 Å². The average molecular weight is 597 g/mol. The van der Waals surface area contributed by atoms with Gasteiger partial charge in [0.2, 0.25) is 6.79 Å². The lowest BCUT2D eigenvalue weighted by Crippen LogP contribution is -2.39. The molecular formula is C30H42F2N2O8. The molecule has 0 bridgehead atoms. The third-order valence-electron chi connectivity index (χ3n) is 6.16. The van der Waals surface area contributed by atoms with Crippen LogP contribution in [0.3, 0.4) is 0 Å². The van der Waals surface area contributed by atoms with Gasteiger partial charge in [-0.15, -0.1) is 0 Å². The fraction of sp³-hybridized carbons (Fsp3) is 0.533. The first kappa shape index (κ1) is 36.1. The second-order valence-corrected chi connectivity index (χ2v) is 9.81. The summed E-state index contributed by atoms with van der Waals surface area (Å²) in [5.74, 6) is -2.11. The number of pyridine rings is 1. The van der Waals surface area contributed by atoms with Crippen molar-refractivity contribution in [2.75, 3.05) is 13.9 Å². The Bertz CT molecular complexity index is 1160. The monoisotopic (exact) mass is 596 g/mol. The molecule has 0 spiro atoms. The molecule has 0 saturated carbocycles. The average Bonchev–Trinajstić information content (AvgIpc) is 2.93. The van der Waals surface area contributed by atoms with Gasteiger partial charge in [0.25, 0.3) is 5.91 Å². The Morgan fingerprint density at radius 3 is 2.24 bits per heavy atom. The van der Waals surface area contributed by atoms with Crippen molar-refractivity contribution < 1.29 is 46.8 Å². The van der Waals surface area contributed by atoms with Crippen LogP contribution in [0.25, 0.3) is 0 Å². The Labute approximate surface area is 245 Å². The number of ether oxygens (including phenoxy) is 5. The number of hydrogen-bond donors (Lipinski definition) is 1. The third kappa shape index (κ3) is 12.3. The lowest BCUT2D eigenvalue weighted by Gasteiger charge is -2.31. The van der Waals surface area contributed by atoms with E-state index in [1.807, 2.05) is 27.7 Å². The zero-order valence-corrected chi connectivity index (χ0v) is 25.3. The van der Waals surface area contributed by atoms with Crippen molar-refractivity contribution in [3.8, 4) is 17.2 Å². The number of primary amides is 1. The molecule has 10 nitrogen and oxygen atoms in total. The lowest BCUT2D eigenvalue weighted by molar-refractivity contribution is -0.155. The zero-order valence-electron chi connectivity index (χ0n) is 25.3. The molecule has 2 aromatic rings. The number of rotatable bonds is 15. The van der Waals surface area contributed by atoms with Gasteiger partial charge in [-0.25, -0.2) is 13.8 Å². The second-order valence-electron chi connectivity index (χ2n) is 9.81. The Kier molecular flexibility index (Phi) is 15.9. The van der Waals surface area contributed by atoms with Crippen molar-refractivity contribution >= 4 is 17.8 Å². The maximum absolute atomic E-state index is 13.9. The fourth-order valence-electron chi connectivity index (χ4n) is 3.86. The molecule has 12 heteroatoms. The molecule has 1 aromatic heterocycles. The van der Waals surface area contributed by atoms with Crippen LogP contribution in [-0.2, 0) is 19.1 Å². The van der Waals surface area contributed by atoms with E-state index < -0.39 is 35.7 Å². The molecule has 0 radical (unpaired) electrons. The van der Waals surface area contributed by atoms with E-state index in [0.29, 0.717) is 12.3 Å². The smallest absolute Gasteiger partial charge is 0.306 e. The molecule has 1 amide bonds. The Morgan fingerprint density at radius 2 is 1.69 bits per heavy atom. The summed E-state index contributed by atoms with van der Waals surface area (Å²) in [6.45, 7) is 10.7. The third-order valence-corrected chi connectivity index (χ3v) is 6.16. The van der Waals surface area contributed by atoms with Gasteiger partial charge in [-0.05, 0) is 50.2 Å². The normalized spacial score (nSPS) is 12.1. The Morgan fingerprint density at radius 1 is 1.02 bits per heavy atom. The van der Waals surface area contributed by atoms with Crippen LogP contribution in [-0.4, -0.2) is 48.9 Å². The van der Waals surface area contributed by atoms with E-state index in [4.69, 9.17) is 24.7 Å². The summed E-state index contributed by atoms with van der Waals surface area (Å²) >= 11 is 0. The molecule has 2 N–H and O–H groups in total. The van der Waals surface area contributed by atoms with Gasteiger partial charge in [-0.1, -0.05) is 27.7 Å². The molecule has 1 aromatic carbocycles. The van der Waals surface area contributed by atoms with E-state index in [0.717, 1.165) is 37.5 Å². The molecule has 0 aliphatic carbocycles. The fourth-order valence-corrected chi connectivity index (χ4v) is 3.86. The summed E-state index contributed by atoms with van der Waals surface area (Å²) in [5.41, 5.74) is 5.04. The molecule has 234 valence electrons. The number of carbonyl (C=O) groups is 3. The highest BCUT2D eigenvalue weighted by Crippen LogP contribution is 2.29. The largest absolute Gasteiger partial charge is 0.493 e. The molecular weight excluding hydrogens is 554 g/mol. The van der Waals surface area contributed by atoms with Crippen molar-refractivity contribution in [2.24, 2.45) is 17.6 Å². The van der Waals surface area contributed by atoms with Crippen molar-refractivity contribution in [1.29, 1.82) is 0 Å². The van der Waals surface area contributed by atoms with Crippen LogP contribution in [0.1, 0.15) is 77.7 Å². The van der Waals surface area contributed by atoms with Crippen LogP contribution in [0, 0.1) is 23.5 Å². The van der Waals surface area contributed by atoms with Gasteiger partial charge in [0, 0.05) is 31.7 Å². The number of methoxy groups -OCH3 is 1. The quantitative estimate of drug-likeness (QED) is 0.206. The number of carbonyl (C=O) groups excluding carboxylic acids is 3. The second kappa shape index (κ2) is 18.5. The summed E-state index contributed by atoms with van der Waals surface area (Å²) in [6, 6.07) is 4.60. The lowest BCUT2D eigenvalue weighted by atomic mass is 9.93.